The van der Waals surface area contributed by atoms with Gasteiger partial charge in [0.1, 0.15) is 6.04 Å². The quantitative estimate of drug-likeness (QED) is 0.104. The van der Waals surface area contributed by atoms with Crippen molar-refractivity contribution in [2.45, 2.75) is 12.5 Å². The maximum atomic E-state index is 9.99. The summed E-state index contributed by atoms with van der Waals surface area (Å²) in [5.74, 6) is -8.69. The number of carbonyl (C=O) groups excluding carboxylic acids is 1. The van der Waals surface area contributed by atoms with Crippen LogP contribution in [-0.2, 0) is 43.2 Å². The molecule has 0 radical (unpaired) electrons. The van der Waals surface area contributed by atoms with Crippen LogP contribution in [0.1, 0.15) is 6.42 Å². The van der Waals surface area contributed by atoms with Gasteiger partial charge in [-0.1, -0.05) is 0 Å². The average Bonchev–Trinajstić information content (AvgIpc) is 2.94. The number of rotatable bonds is 10. The minimum atomic E-state index is -1.21. The van der Waals surface area contributed by atoms with E-state index in [1.54, 1.807) is 0 Å². The van der Waals surface area contributed by atoms with Gasteiger partial charge >= 0.3 is 47.8 Å². The fourth-order valence-electron chi connectivity index (χ4n) is 0.304. The molecule has 0 fully saturated rings. The first-order chi connectivity index (χ1) is 19.9. The number of carbonyl (C=O) groups is 9. The van der Waals surface area contributed by atoms with Crippen LogP contribution in [0.4, 0.5) is 0 Å². The average molecular weight is 658 g/mol. The summed E-state index contributed by atoms with van der Waals surface area (Å²) in [6.45, 7) is -1.94. The van der Waals surface area contributed by atoms with Crippen LogP contribution in [0.3, 0.4) is 0 Å². The van der Waals surface area contributed by atoms with Gasteiger partial charge in [-0.25, -0.2) is 0 Å². The van der Waals surface area contributed by atoms with Crippen LogP contribution in [0.15, 0.2) is 0 Å². The molecule has 0 saturated heterocycles. The van der Waals surface area contributed by atoms with Gasteiger partial charge in [0, 0.05) is 0 Å². The Balaban J connectivity index is -0.0000000568. The van der Waals surface area contributed by atoms with Crippen LogP contribution in [0.5, 0.6) is 0 Å². The summed E-state index contributed by atoms with van der Waals surface area (Å²) in [6.07, 6.45) is -0.310. The van der Waals surface area contributed by atoms with E-state index in [0.717, 1.165) is 0 Å². The van der Waals surface area contributed by atoms with Crippen LogP contribution in [-0.4, -0.2) is 146 Å². The van der Waals surface area contributed by atoms with Crippen LogP contribution >= 0.6 is 0 Å². The number of hydrogen-bond acceptors (Lipinski definition) is 17. The largest absolute Gasteiger partial charge is 0.480 e. The summed E-state index contributed by atoms with van der Waals surface area (Å²) in [5, 5.41) is 61.3. The van der Waals surface area contributed by atoms with Crippen LogP contribution < -0.4 is 51.6 Å². The van der Waals surface area contributed by atoms with Gasteiger partial charge < -0.3 is 92.5 Å². The maximum Gasteiger partial charge on any atom is 0.321 e. The van der Waals surface area contributed by atoms with Gasteiger partial charge in [-0.3, -0.25) is 43.2 Å². The summed E-state index contributed by atoms with van der Waals surface area (Å²) in [4.78, 5) is 84.6. The molecule has 1 atom stereocenters. The third-order valence-electron chi connectivity index (χ3n) is 1.96. The van der Waals surface area contributed by atoms with Gasteiger partial charge in [0.2, 0.25) is 5.91 Å². The molecule has 0 saturated carbocycles. The first-order valence-electron chi connectivity index (χ1n) is 10.6. The second kappa shape index (κ2) is 47.7. The molecule has 44 heavy (non-hydrogen) atoms. The highest BCUT2D eigenvalue weighted by Gasteiger charge is 2.13. The number of carboxylic acids is 8. The van der Waals surface area contributed by atoms with Crippen molar-refractivity contribution in [3.8, 4) is 0 Å². The Hall–Kier alpha value is -5.09. The molecule has 26 N–H and O–H groups in total. The van der Waals surface area contributed by atoms with Crippen molar-refractivity contribution in [3.63, 3.8) is 0 Å². The van der Waals surface area contributed by atoms with E-state index in [9.17, 15) is 43.2 Å². The van der Waals surface area contributed by atoms with Gasteiger partial charge in [-0.05, 0) is 0 Å². The summed E-state index contributed by atoms with van der Waals surface area (Å²) in [5.41, 5.74) is 41.6. The molecule has 0 spiro atoms. The lowest BCUT2D eigenvalue weighted by molar-refractivity contribution is -0.140. The Bertz CT molecular complexity index is 676. The van der Waals surface area contributed by atoms with Crippen molar-refractivity contribution in [1.82, 2.24) is 0 Å². The fraction of sp³-hybridized carbons (Fsp3) is 0.500. The number of primary amides is 1. The highest BCUT2D eigenvalue weighted by atomic mass is 16.4. The van der Waals surface area contributed by atoms with Crippen LogP contribution in [0, 0.1) is 0 Å². The van der Waals surface area contributed by atoms with Gasteiger partial charge in [-0.2, -0.15) is 0 Å². The van der Waals surface area contributed by atoms with Gasteiger partial charge in [0.15, 0.2) is 0 Å². The van der Waals surface area contributed by atoms with Crippen LogP contribution in [0.2, 0.25) is 0 Å². The van der Waals surface area contributed by atoms with E-state index in [1.165, 1.54) is 0 Å². The number of amides is 1. The molecule has 26 heteroatoms. The number of carboxylic acid groups (broad SMARTS) is 8. The zero-order chi connectivity index (χ0) is 37.4. The molecule has 0 aromatic heterocycles. The van der Waals surface area contributed by atoms with Crippen molar-refractivity contribution in [3.05, 3.63) is 0 Å². The fourth-order valence-corrected chi connectivity index (χ4v) is 0.304. The third kappa shape index (κ3) is 166. The standard InChI is InChI=1S/C4H8N2O3.7C2H5NO2/c5-2(4(8)9)1-3(6)7;7*3-1-2(4)5/h2H,1,5H2,(H2,6,7)(H,8,9);7*1,3H2,(H,4,5). The van der Waals surface area contributed by atoms with Crippen molar-refractivity contribution in [2.75, 3.05) is 45.8 Å². The molecule has 0 aliphatic carbocycles. The second-order valence-electron chi connectivity index (χ2n) is 5.80. The Morgan fingerprint density at radius 3 is 0.523 bits per heavy atom. The lowest BCUT2D eigenvalue weighted by Gasteiger charge is -1.99. The Labute approximate surface area is 248 Å². The van der Waals surface area contributed by atoms with Gasteiger partial charge in [0.25, 0.3) is 0 Å². The molecular weight excluding hydrogens is 614 g/mol. The third-order valence-corrected chi connectivity index (χ3v) is 1.96. The molecule has 26 nitrogen and oxygen atoms in total. The first-order valence-corrected chi connectivity index (χ1v) is 10.6. The Kier molecular flexibility index (Phi) is 63.4. The van der Waals surface area contributed by atoms with E-state index in [4.69, 9.17) is 46.6 Å². The van der Waals surface area contributed by atoms with E-state index in [0.29, 0.717) is 0 Å². The monoisotopic (exact) mass is 657 g/mol. The molecule has 0 aliphatic heterocycles. The smallest absolute Gasteiger partial charge is 0.321 e. The topological polar surface area (TPSA) is 550 Å². The molecular formula is C18H43N9O17. The van der Waals surface area contributed by atoms with Crippen molar-refractivity contribution in [1.29, 1.82) is 0 Å². The van der Waals surface area contributed by atoms with E-state index >= 15 is 0 Å². The molecule has 262 valence electrons. The van der Waals surface area contributed by atoms with E-state index < -0.39 is 59.7 Å². The first kappa shape index (κ1) is 58.5. The van der Waals surface area contributed by atoms with Crippen LogP contribution in [0.25, 0.3) is 0 Å². The molecule has 1 amide bonds. The number of aliphatic carboxylic acids is 8. The van der Waals surface area contributed by atoms with Crippen molar-refractivity contribution < 1.29 is 84.0 Å². The minimum absolute atomic E-state index is 0.278. The zero-order valence-corrected chi connectivity index (χ0v) is 23.2. The molecule has 0 aliphatic rings. The van der Waals surface area contributed by atoms with Crippen molar-refractivity contribution in [2.24, 2.45) is 51.6 Å². The predicted molar refractivity (Wildman–Crippen MR) is 146 cm³/mol. The lowest BCUT2D eigenvalue weighted by atomic mass is 10.2. The van der Waals surface area contributed by atoms with Crippen molar-refractivity contribution >= 4 is 53.7 Å². The summed E-state index contributed by atoms with van der Waals surface area (Å²) >= 11 is 0. The highest BCUT2D eigenvalue weighted by molar-refractivity contribution is 5.83. The Morgan fingerprint density at radius 2 is 0.500 bits per heavy atom. The van der Waals surface area contributed by atoms with E-state index in [1.807, 2.05) is 0 Å². The number of nitrogens with two attached hydrogens (primary N) is 9. The summed E-state index contributed by atoms with van der Waals surface area (Å²) < 4.78 is 0. The predicted octanol–water partition coefficient (Wildman–Crippen LogP) is -8.52. The van der Waals surface area contributed by atoms with E-state index in [2.05, 4.69) is 45.9 Å². The zero-order valence-electron chi connectivity index (χ0n) is 23.2. The molecule has 0 aromatic rings. The molecule has 0 heterocycles. The second-order valence-corrected chi connectivity index (χ2v) is 5.80. The summed E-state index contributed by atoms with van der Waals surface area (Å²) in [6, 6.07) is -1.16. The SMILES string of the molecule is NC(=O)CC(N)C(=O)O.NCC(=O)O.NCC(=O)O.NCC(=O)O.NCC(=O)O.NCC(=O)O.NCC(=O)O.NCC(=O)O. The Morgan fingerprint density at radius 1 is 0.386 bits per heavy atom. The minimum Gasteiger partial charge on any atom is -0.480 e. The normalized spacial score (nSPS) is 8.45. The summed E-state index contributed by atoms with van der Waals surface area (Å²) in [7, 11) is 0. The van der Waals surface area contributed by atoms with Gasteiger partial charge in [0.05, 0.1) is 52.2 Å². The maximum absolute atomic E-state index is 9.99. The molecule has 0 rings (SSSR count). The number of hydrogen-bond donors (Lipinski definition) is 17. The highest BCUT2D eigenvalue weighted by Crippen LogP contribution is 1.84. The molecule has 1 unspecified atom stereocenters. The molecule has 0 bridgehead atoms. The van der Waals surface area contributed by atoms with Gasteiger partial charge in [-0.15, -0.1) is 0 Å². The van der Waals surface area contributed by atoms with E-state index in [-0.39, 0.29) is 52.2 Å². The molecule has 0 aromatic carbocycles. The lowest BCUT2D eigenvalue weighted by Crippen LogP contribution is -2.34.